The molecule has 4 aromatic rings. The number of rotatable bonds is 14. The molecule has 2 aliphatic rings. The Morgan fingerprint density at radius 2 is 1.71 bits per heavy atom. The molecule has 2 aromatic heterocycles. The number of aldehydes is 1. The molecule has 2 aliphatic heterocycles. The van der Waals surface area contributed by atoms with Crippen molar-refractivity contribution in [2.75, 3.05) is 50.6 Å². The van der Waals surface area contributed by atoms with Crippen LogP contribution in [0.2, 0.25) is 5.02 Å². The topological polar surface area (TPSA) is 109 Å². The highest BCUT2D eigenvalue weighted by Crippen LogP contribution is 2.37. The quantitative estimate of drug-likeness (QED) is 0.139. The Labute approximate surface area is 311 Å². The molecular formula is C41H51ClN6O4. The molecule has 1 amide bonds. The first kappa shape index (κ1) is 37.4. The van der Waals surface area contributed by atoms with Gasteiger partial charge < -0.3 is 29.6 Å². The summed E-state index contributed by atoms with van der Waals surface area (Å²) in [6.45, 7) is 4.98. The number of carbonyl (C=O) groups is 2. The highest BCUT2D eigenvalue weighted by atomic mass is 35.5. The smallest absolute Gasteiger partial charge is 0.259 e. The van der Waals surface area contributed by atoms with Gasteiger partial charge in [0.1, 0.15) is 12.0 Å². The summed E-state index contributed by atoms with van der Waals surface area (Å²) < 4.78 is 7.47. The van der Waals surface area contributed by atoms with Crippen LogP contribution in [0, 0.1) is 11.8 Å². The Hall–Kier alpha value is -4.41. The number of likely N-dealkylation sites (tertiary alicyclic amines) is 1. The molecule has 4 heterocycles. The number of benzene rings is 2. The molecule has 0 aliphatic carbocycles. The molecule has 2 N–H and O–H groups in total. The summed E-state index contributed by atoms with van der Waals surface area (Å²) in [6.07, 6.45) is 14.3. The maximum absolute atomic E-state index is 12.7. The second-order valence-corrected chi connectivity index (χ2v) is 14.8. The molecule has 276 valence electrons. The number of hydrogen-bond donors (Lipinski definition) is 2. The number of aryl methyl sites for hydroxylation is 1. The Morgan fingerprint density at radius 3 is 2.37 bits per heavy atom. The number of pyridine rings is 2. The van der Waals surface area contributed by atoms with Crippen LogP contribution >= 0.6 is 11.6 Å². The van der Waals surface area contributed by atoms with Crippen LogP contribution in [0.1, 0.15) is 56.9 Å². The largest absolute Gasteiger partial charge is 0.496 e. The Kier molecular flexibility index (Phi) is 12.5. The van der Waals surface area contributed by atoms with Crippen LogP contribution < -0.4 is 25.8 Å². The van der Waals surface area contributed by atoms with Gasteiger partial charge in [-0.3, -0.25) is 19.5 Å². The fraction of sp³-hybridized carbons (Fsp3) is 0.463. The lowest BCUT2D eigenvalue weighted by atomic mass is 9.85. The number of fused-ring (bicyclic) bond motifs is 1. The number of halogens is 1. The summed E-state index contributed by atoms with van der Waals surface area (Å²) in [6, 6.07) is 13.8. The van der Waals surface area contributed by atoms with Gasteiger partial charge in [-0.25, -0.2) is 0 Å². The third kappa shape index (κ3) is 8.96. The number of ether oxygens (including phenoxy) is 1. The lowest BCUT2D eigenvalue weighted by Crippen LogP contribution is -2.35. The summed E-state index contributed by atoms with van der Waals surface area (Å²) in [5, 5.41) is 7.94. The minimum atomic E-state index is -0.383. The number of nitrogens with one attached hydrogen (secondary N) is 2. The number of amides is 1. The van der Waals surface area contributed by atoms with E-state index < -0.39 is 0 Å². The number of hydrogen-bond acceptors (Lipinski definition) is 8. The molecular weight excluding hydrogens is 676 g/mol. The van der Waals surface area contributed by atoms with Gasteiger partial charge >= 0.3 is 0 Å². The zero-order chi connectivity index (χ0) is 36.6. The van der Waals surface area contributed by atoms with Gasteiger partial charge in [0, 0.05) is 86.3 Å². The van der Waals surface area contributed by atoms with E-state index in [1.807, 2.05) is 36.5 Å². The molecule has 1 atom stereocenters. The molecule has 0 radical (unpaired) electrons. The van der Waals surface area contributed by atoms with Crippen molar-refractivity contribution < 1.29 is 14.3 Å². The normalized spacial score (nSPS) is 16.5. The Balaban J connectivity index is 0.955. The first-order chi connectivity index (χ1) is 25.3. The molecule has 11 heteroatoms. The van der Waals surface area contributed by atoms with E-state index in [0.717, 1.165) is 84.4 Å². The van der Waals surface area contributed by atoms with Crippen LogP contribution in [0.3, 0.4) is 0 Å². The van der Waals surface area contributed by atoms with Crippen molar-refractivity contribution in [2.24, 2.45) is 18.9 Å². The lowest BCUT2D eigenvalue weighted by Gasteiger charge is -2.36. The number of methoxy groups -OCH3 is 1. The van der Waals surface area contributed by atoms with Crippen molar-refractivity contribution >= 4 is 45.9 Å². The molecule has 1 unspecified atom stereocenters. The SMILES string of the molecule is CNC(=O)CCC(C=O)Nc1ccc(N2CCC(CCC3CCN(Cc4c(Cl)cc(-c5cn(C)c(=O)c6cnccc56)cc4OC)CC3)CC2)cc1. The lowest BCUT2D eigenvalue weighted by molar-refractivity contribution is -0.120. The van der Waals surface area contributed by atoms with Crippen molar-refractivity contribution in [3.05, 3.63) is 82.0 Å². The first-order valence-electron chi connectivity index (χ1n) is 18.6. The zero-order valence-corrected chi connectivity index (χ0v) is 31.3. The van der Waals surface area contributed by atoms with Crippen molar-refractivity contribution in [2.45, 2.75) is 64.0 Å². The molecule has 0 bridgehead atoms. The second-order valence-electron chi connectivity index (χ2n) is 14.4. The minimum Gasteiger partial charge on any atom is -0.496 e. The summed E-state index contributed by atoms with van der Waals surface area (Å²) in [7, 11) is 5.06. The van der Waals surface area contributed by atoms with Crippen molar-refractivity contribution in [3.8, 4) is 16.9 Å². The maximum atomic E-state index is 12.7. The van der Waals surface area contributed by atoms with Crippen LogP contribution in [0.5, 0.6) is 5.75 Å². The van der Waals surface area contributed by atoms with Gasteiger partial charge in [0.05, 0.1) is 18.5 Å². The van der Waals surface area contributed by atoms with Crippen molar-refractivity contribution in [3.63, 3.8) is 0 Å². The summed E-state index contributed by atoms with van der Waals surface area (Å²) >= 11 is 6.96. The molecule has 10 nitrogen and oxygen atoms in total. The number of anilines is 2. The van der Waals surface area contributed by atoms with Gasteiger partial charge in [-0.05, 0) is 110 Å². The average molecular weight is 727 g/mol. The third-order valence-electron chi connectivity index (χ3n) is 11.1. The number of aromatic nitrogens is 2. The fourth-order valence-electron chi connectivity index (χ4n) is 7.82. The molecule has 2 saturated heterocycles. The van der Waals surface area contributed by atoms with Gasteiger partial charge in [-0.15, -0.1) is 0 Å². The van der Waals surface area contributed by atoms with Gasteiger partial charge in [0.2, 0.25) is 5.91 Å². The monoisotopic (exact) mass is 726 g/mol. The highest BCUT2D eigenvalue weighted by molar-refractivity contribution is 6.32. The van der Waals surface area contributed by atoms with E-state index in [-0.39, 0.29) is 17.5 Å². The molecule has 2 fully saturated rings. The zero-order valence-electron chi connectivity index (χ0n) is 30.6. The predicted molar refractivity (Wildman–Crippen MR) is 209 cm³/mol. The highest BCUT2D eigenvalue weighted by Gasteiger charge is 2.25. The van der Waals surface area contributed by atoms with E-state index in [2.05, 4.69) is 37.6 Å². The van der Waals surface area contributed by atoms with Crippen molar-refractivity contribution in [1.29, 1.82) is 0 Å². The van der Waals surface area contributed by atoms with Crippen LogP contribution in [0.4, 0.5) is 11.4 Å². The van der Waals surface area contributed by atoms with Crippen LogP contribution in [0.25, 0.3) is 21.9 Å². The Morgan fingerprint density at radius 1 is 1.02 bits per heavy atom. The van der Waals surface area contributed by atoms with Crippen LogP contribution in [-0.4, -0.2) is 73.0 Å². The molecule has 0 spiro atoms. The van der Waals surface area contributed by atoms with E-state index in [1.54, 1.807) is 38.2 Å². The van der Waals surface area contributed by atoms with Gasteiger partial charge in [0.15, 0.2) is 0 Å². The number of piperidine rings is 2. The summed E-state index contributed by atoms with van der Waals surface area (Å²) in [5.74, 6) is 2.23. The molecule has 2 aromatic carbocycles. The number of nitrogens with zero attached hydrogens (tertiary/aromatic N) is 4. The Bertz CT molecular complexity index is 1900. The van der Waals surface area contributed by atoms with Gasteiger partial charge in [-0.1, -0.05) is 24.4 Å². The second kappa shape index (κ2) is 17.4. The summed E-state index contributed by atoms with van der Waals surface area (Å²) in [5.41, 5.74) is 4.86. The van der Waals surface area contributed by atoms with Gasteiger partial charge in [0.25, 0.3) is 5.56 Å². The van der Waals surface area contributed by atoms with E-state index in [9.17, 15) is 14.4 Å². The molecule has 52 heavy (non-hydrogen) atoms. The van der Waals surface area contributed by atoms with E-state index in [0.29, 0.717) is 23.3 Å². The van der Waals surface area contributed by atoms with Gasteiger partial charge in [-0.2, -0.15) is 0 Å². The standard InChI is InChI=1S/C41H51ClN6O4/c1-43-40(50)11-8-32(27-49)45-31-6-9-33(10-7-31)48-20-15-29(16-21-48)5-4-28-13-18-47(19-14-28)26-37-38(42)22-30(23-39(37)52-3)36-25-46(2)41(51)35-24-44-17-12-34(35)36/h6-7,9-10,12,17,22-25,27-29,32,45H,4-5,8,11,13-16,18-21,26H2,1-3H3,(H,43,50). The fourth-order valence-corrected chi connectivity index (χ4v) is 8.09. The minimum absolute atomic E-state index is 0.0621. The maximum Gasteiger partial charge on any atom is 0.259 e. The summed E-state index contributed by atoms with van der Waals surface area (Å²) in [4.78, 5) is 44.9. The number of carbonyl (C=O) groups excluding carboxylic acids is 2. The van der Waals surface area contributed by atoms with E-state index in [4.69, 9.17) is 16.3 Å². The average Bonchev–Trinajstić information content (AvgIpc) is 3.18. The van der Waals surface area contributed by atoms with Crippen LogP contribution in [-0.2, 0) is 23.2 Å². The van der Waals surface area contributed by atoms with Crippen molar-refractivity contribution in [1.82, 2.24) is 19.8 Å². The molecule has 0 saturated carbocycles. The van der Waals surface area contributed by atoms with E-state index in [1.165, 1.54) is 44.2 Å². The predicted octanol–water partition coefficient (Wildman–Crippen LogP) is 6.68. The molecule has 6 rings (SSSR count). The van der Waals surface area contributed by atoms with Crippen LogP contribution in [0.15, 0.2) is 65.8 Å². The first-order valence-corrected chi connectivity index (χ1v) is 18.9. The van der Waals surface area contributed by atoms with E-state index >= 15 is 0 Å². The third-order valence-corrected chi connectivity index (χ3v) is 11.4.